The van der Waals surface area contributed by atoms with E-state index in [4.69, 9.17) is 0 Å². The maximum atomic E-state index is 4.67. The molecular formula is C22H28N6. The maximum absolute atomic E-state index is 4.67. The van der Waals surface area contributed by atoms with Gasteiger partial charge in [-0.25, -0.2) is 4.98 Å². The fourth-order valence-corrected chi connectivity index (χ4v) is 4.38. The third-order valence-corrected chi connectivity index (χ3v) is 6.20. The summed E-state index contributed by atoms with van der Waals surface area (Å²) < 4.78 is 4.53. The molecule has 1 saturated carbocycles. The summed E-state index contributed by atoms with van der Waals surface area (Å²) in [6.45, 7) is 6.29. The largest absolute Gasteiger partial charge is 0.330 e. The Bertz CT molecular complexity index is 916. The summed E-state index contributed by atoms with van der Waals surface area (Å²) in [7, 11) is 0. The molecule has 3 aromatic rings. The van der Waals surface area contributed by atoms with E-state index in [1.165, 1.54) is 42.6 Å². The van der Waals surface area contributed by atoms with Crippen LogP contribution in [0.3, 0.4) is 0 Å². The normalized spacial score (nSPS) is 18.6. The second-order valence-corrected chi connectivity index (χ2v) is 8.29. The minimum atomic E-state index is 0.526. The Balaban J connectivity index is 1.27. The first kappa shape index (κ1) is 17.6. The number of likely N-dealkylation sites (tertiary alicyclic amines) is 1. The van der Waals surface area contributed by atoms with E-state index in [1.54, 1.807) is 0 Å². The summed E-state index contributed by atoms with van der Waals surface area (Å²) in [6.07, 6.45) is 10.5. The molecular weight excluding hydrogens is 348 g/mol. The molecule has 1 aliphatic carbocycles. The van der Waals surface area contributed by atoms with Gasteiger partial charge in [0.25, 0.3) is 0 Å². The van der Waals surface area contributed by atoms with Crippen molar-refractivity contribution in [1.82, 2.24) is 29.2 Å². The van der Waals surface area contributed by atoms with E-state index >= 15 is 0 Å². The molecule has 1 aromatic carbocycles. The summed E-state index contributed by atoms with van der Waals surface area (Å²) in [5, 5.41) is 9.24. The van der Waals surface area contributed by atoms with Crippen molar-refractivity contribution in [2.24, 2.45) is 0 Å². The van der Waals surface area contributed by atoms with Crippen LogP contribution in [0.15, 0.2) is 43.0 Å². The van der Waals surface area contributed by atoms with Gasteiger partial charge in [0.1, 0.15) is 5.82 Å². The van der Waals surface area contributed by atoms with Crippen molar-refractivity contribution in [1.29, 1.82) is 0 Å². The lowest BCUT2D eigenvalue weighted by Crippen LogP contribution is -2.33. The summed E-state index contributed by atoms with van der Waals surface area (Å²) >= 11 is 0. The van der Waals surface area contributed by atoms with Gasteiger partial charge in [0, 0.05) is 30.9 Å². The molecule has 146 valence electrons. The summed E-state index contributed by atoms with van der Waals surface area (Å²) in [6, 6.07) is 9.34. The Morgan fingerprint density at radius 2 is 1.82 bits per heavy atom. The highest BCUT2D eigenvalue weighted by Gasteiger charge is 2.33. The molecule has 0 atom stereocenters. The average Bonchev–Trinajstić information content (AvgIpc) is 3.26. The van der Waals surface area contributed by atoms with Gasteiger partial charge in [-0.2, -0.15) is 0 Å². The number of benzene rings is 1. The first-order valence-electron chi connectivity index (χ1n) is 10.4. The molecule has 2 aliphatic rings. The van der Waals surface area contributed by atoms with Crippen molar-refractivity contribution in [2.45, 2.75) is 57.7 Å². The lowest BCUT2D eigenvalue weighted by Gasteiger charge is -2.32. The van der Waals surface area contributed by atoms with Gasteiger partial charge in [-0.05, 0) is 56.8 Å². The molecule has 0 radical (unpaired) electrons. The second-order valence-electron chi connectivity index (χ2n) is 8.29. The smallest absolute Gasteiger partial charge is 0.153 e. The zero-order chi connectivity index (χ0) is 18.9. The number of aromatic nitrogens is 5. The van der Waals surface area contributed by atoms with Gasteiger partial charge in [-0.3, -0.25) is 4.90 Å². The minimum absolute atomic E-state index is 0.526. The summed E-state index contributed by atoms with van der Waals surface area (Å²) in [5.74, 6) is 2.82. The van der Waals surface area contributed by atoms with E-state index in [0.29, 0.717) is 12.0 Å². The number of imidazole rings is 1. The number of hydrogen-bond acceptors (Lipinski definition) is 4. The Morgan fingerprint density at radius 3 is 2.54 bits per heavy atom. The van der Waals surface area contributed by atoms with Crippen LogP contribution >= 0.6 is 0 Å². The number of piperidine rings is 1. The third kappa shape index (κ3) is 3.61. The highest BCUT2D eigenvalue weighted by Crippen LogP contribution is 2.40. The SMILES string of the molecule is Cc1ccccc1CN1CCC(c2nnc(Cn3ccnc3)n2C2CC2)CC1. The number of rotatable bonds is 6. The topological polar surface area (TPSA) is 51.8 Å². The fraction of sp³-hybridized carbons (Fsp3) is 0.500. The van der Waals surface area contributed by atoms with E-state index in [2.05, 4.69) is 60.4 Å². The van der Waals surface area contributed by atoms with Gasteiger partial charge in [-0.1, -0.05) is 24.3 Å². The van der Waals surface area contributed by atoms with E-state index < -0.39 is 0 Å². The van der Waals surface area contributed by atoms with Crippen molar-refractivity contribution in [3.05, 3.63) is 65.8 Å². The van der Waals surface area contributed by atoms with Gasteiger partial charge < -0.3 is 9.13 Å². The maximum Gasteiger partial charge on any atom is 0.153 e. The first-order valence-corrected chi connectivity index (χ1v) is 10.4. The van der Waals surface area contributed by atoms with Gasteiger partial charge in [-0.15, -0.1) is 10.2 Å². The van der Waals surface area contributed by atoms with Crippen LogP contribution in [-0.2, 0) is 13.1 Å². The standard InChI is InChI=1S/C22H28N6/c1-17-4-2-3-5-19(17)14-26-11-8-18(9-12-26)22-25-24-21(28(22)20-6-7-20)15-27-13-10-23-16-27/h2-5,10,13,16,18,20H,6-9,11-12,14-15H2,1H3. The molecule has 1 saturated heterocycles. The molecule has 3 heterocycles. The highest BCUT2D eigenvalue weighted by molar-refractivity contribution is 5.25. The van der Waals surface area contributed by atoms with Gasteiger partial charge in [0.2, 0.25) is 0 Å². The Kier molecular flexibility index (Phi) is 4.72. The van der Waals surface area contributed by atoms with Gasteiger partial charge in [0.05, 0.1) is 12.9 Å². The van der Waals surface area contributed by atoms with Crippen LogP contribution in [-0.4, -0.2) is 42.3 Å². The first-order chi connectivity index (χ1) is 13.8. The molecule has 6 nitrogen and oxygen atoms in total. The molecule has 0 bridgehead atoms. The lowest BCUT2D eigenvalue weighted by molar-refractivity contribution is 0.199. The van der Waals surface area contributed by atoms with Crippen molar-refractivity contribution >= 4 is 0 Å². The van der Waals surface area contributed by atoms with E-state index in [1.807, 2.05) is 18.7 Å². The molecule has 5 rings (SSSR count). The van der Waals surface area contributed by atoms with Crippen molar-refractivity contribution in [2.75, 3.05) is 13.1 Å². The molecule has 28 heavy (non-hydrogen) atoms. The van der Waals surface area contributed by atoms with Crippen LogP contribution in [0.1, 0.15) is 60.4 Å². The molecule has 6 heteroatoms. The minimum Gasteiger partial charge on any atom is -0.330 e. The molecule has 2 fully saturated rings. The molecule has 0 spiro atoms. The number of aryl methyl sites for hydroxylation is 1. The highest BCUT2D eigenvalue weighted by atomic mass is 15.3. The Labute approximate surface area is 166 Å². The van der Waals surface area contributed by atoms with Crippen LogP contribution in [0.5, 0.6) is 0 Å². The van der Waals surface area contributed by atoms with E-state index in [-0.39, 0.29) is 0 Å². The predicted molar refractivity (Wildman–Crippen MR) is 108 cm³/mol. The van der Waals surface area contributed by atoms with Crippen molar-refractivity contribution in [3.63, 3.8) is 0 Å². The van der Waals surface area contributed by atoms with E-state index in [9.17, 15) is 0 Å². The van der Waals surface area contributed by atoms with Gasteiger partial charge >= 0.3 is 0 Å². The van der Waals surface area contributed by atoms with Crippen LogP contribution < -0.4 is 0 Å². The van der Waals surface area contributed by atoms with Crippen molar-refractivity contribution < 1.29 is 0 Å². The Hall–Kier alpha value is -2.47. The van der Waals surface area contributed by atoms with E-state index in [0.717, 1.165) is 32.0 Å². The van der Waals surface area contributed by atoms with Crippen LogP contribution in [0, 0.1) is 6.92 Å². The molecule has 0 amide bonds. The summed E-state index contributed by atoms with van der Waals surface area (Å²) in [5.41, 5.74) is 2.84. The van der Waals surface area contributed by atoms with Crippen LogP contribution in [0.25, 0.3) is 0 Å². The fourth-order valence-electron chi connectivity index (χ4n) is 4.38. The zero-order valence-electron chi connectivity index (χ0n) is 16.5. The quantitative estimate of drug-likeness (QED) is 0.660. The van der Waals surface area contributed by atoms with Crippen molar-refractivity contribution in [3.8, 4) is 0 Å². The molecule has 1 aliphatic heterocycles. The monoisotopic (exact) mass is 376 g/mol. The summed E-state index contributed by atoms with van der Waals surface area (Å²) in [4.78, 5) is 6.74. The molecule has 2 aromatic heterocycles. The molecule has 0 N–H and O–H groups in total. The van der Waals surface area contributed by atoms with Gasteiger partial charge in [0.15, 0.2) is 5.82 Å². The second kappa shape index (κ2) is 7.51. The molecule has 0 unspecified atom stereocenters. The zero-order valence-corrected chi connectivity index (χ0v) is 16.5. The predicted octanol–water partition coefficient (Wildman–Crippen LogP) is 3.55. The Morgan fingerprint density at radius 1 is 1.00 bits per heavy atom. The number of nitrogens with zero attached hydrogens (tertiary/aromatic N) is 6. The third-order valence-electron chi connectivity index (χ3n) is 6.20. The lowest BCUT2D eigenvalue weighted by atomic mass is 9.95. The number of hydrogen-bond donors (Lipinski definition) is 0. The average molecular weight is 377 g/mol. The van der Waals surface area contributed by atoms with Crippen LogP contribution in [0.4, 0.5) is 0 Å². The van der Waals surface area contributed by atoms with Crippen LogP contribution in [0.2, 0.25) is 0 Å².